The molecule has 2 rings (SSSR count). The zero-order chi connectivity index (χ0) is 15.1. The fraction of sp³-hybridized carbons (Fsp3) is 0.588. The molecule has 0 atom stereocenters. The average molecular weight is 290 g/mol. The van der Waals surface area contributed by atoms with Gasteiger partial charge in [0.1, 0.15) is 11.5 Å². The van der Waals surface area contributed by atoms with E-state index in [0.717, 1.165) is 57.7 Å². The first-order chi connectivity index (χ1) is 10.2. The van der Waals surface area contributed by atoms with Gasteiger partial charge in [-0.3, -0.25) is 4.90 Å². The highest BCUT2D eigenvalue weighted by Gasteiger charge is 2.18. The molecule has 0 bridgehead atoms. The zero-order valence-electron chi connectivity index (χ0n) is 13.2. The van der Waals surface area contributed by atoms with Crippen molar-refractivity contribution in [2.24, 2.45) is 0 Å². The second-order valence-corrected chi connectivity index (χ2v) is 5.66. The smallest absolute Gasteiger partial charge is 0.142 e. The molecule has 0 amide bonds. The number of ether oxygens (including phenoxy) is 1. The Morgan fingerprint density at radius 1 is 1.14 bits per heavy atom. The molecule has 1 fully saturated rings. The summed E-state index contributed by atoms with van der Waals surface area (Å²) in [4.78, 5) is 15.8. The van der Waals surface area contributed by atoms with Crippen LogP contribution in [0.1, 0.15) is 26.2 Å². The number of carbonyl (C=O) groups is 1. The van der Waals surface area contributed by atoms with E-state index in [9.17, 15) is 4.79 Å². The van der Waals surface area contributed by atoms with Gasteiger partial charge in [-0.25, -0.2) is 0 Å². The number of piperazine rings is 1. The van der Waals surface area contributed by atoms with Gasteiger partial charge in [0.2, 0.25) is 0 Å². The number of hydrogen-bond donors (Lipinski definition) is 0. The molecule has 1 aromatic carbocycles. The van der Waals surface area contributed by atoms with Crippen molar-refractivity contribution in [3.05, 3.63) is 24.3 Å². The predicted octanol–water partition coefficient (Wildman–Crippen LogP) is 2.58. The van der Waals surface area contributed by atoms with E-state index < -0.39 is 0 Å². The van der Waals surface area contributed by atoms with Gasteiger partial charge in [-0.1, -0.05) is 12.1 Å². The van der Waals surface area contributed by atoms with Crippen LogP contribution in [0.15, 0.2) is 24.3 Å². The maximum atomic E-state index is 10.9. The molecule has 0 aliphatic carbocycles. The SMILES string of the molecule is COc1ccccc1N1CCN(CCCCC(C)=O)CC1. The normalized spacial score (nSPS) is 16.0. The summed E-state index contributed by atoms with van der Waals surface area (Å²) in [5, 5.41) is 0. The number of para-hydroxylation sites is 2. The molecular weight excluding hydrogens is 264 g/mol. The minimum Gasteiger partial charge on any atom is -0.495 e. The Labute approximate surface area is 127 Å². The van der Waals surface area contributed by atoms with Crippen molar-refractivity contribution in [1.82, 2.24) is 4.90 Å². The number of rotatable bonds is 7. The molecule has 1 saturated heterocycles. The molecule has 4 nitrogen and oxygen atoms in total. The van der Waals surface area contributed by atoms with Gasteiger partial charge in [0.15, 0.2) is 0 Å². The van der Waals surface area contributed by atoms with Crippen LogP contribution in [-0.4, -0.2) is 50.5 Å². The Bertz CT molecular complexity index is 454. The Hall–Kier alpha value is -1.55. The minimum absolute atomic E-state index is 0.302. The average Bonchev–Trinajstić information content (AvgIpc) is 2.52. The van der Waals surface area contributed by atoms with Gasteiger partial charge in [-0.2, -0.15) is 0 Å². The van der Waals surface area contributed by atoms with Gasteiger partial charge in [-0.15, -0.1) is 0 Å². The highest BCUT2D eigenvalue weighted by Crippen LogP contribution is 2.28. The summed E-state index contributed by atoms with van der Waals surface area (Å²) in [6.45, 7) is 7.01. The molecule has 1 aliphatic rings. The predicted molar refractivity (Wildman–Crippen MR) is 86.2 cm³/mol. The lowest BCUT2D eigenvalue weighted by atomic mass is 10.1. The van der Waals surface area contributed by atoms with Gasteiger partial charge in [0, 0.05) is 32.6 Å². The fourth-order valence-electron chi connectivity index (χ4n) is 2.81. The zero-order valence-corrected chi connectivity index (χ0v) is 13.2. The molecular formula is C17H26N2O2. The summed E-state index contributed by atoms with van der Waals surface area (Å²) < 4.78 is 5.44. The molecule has 0 spiro atoms. The van der Waals surface area contributed by atoms with Crippen LogP contribution in [0.25, 0.3) is 0 Å². The maximum absolute atomic E-state index is 10.9. The van der Waals surface area contributed by atoms with Crippen molar-refractivity contribution in [3.8, 4) is 5.75 Å². The second kappa shape index (κ2) is 8.03. The Morgan fingerprint density at radius 2 is 1.86 bits per heavy atom. The van der Waals surface area contributed by atoms with Crippen molar-refractivity contribution in [2.75, 3.05) is 44.7 Å². The standard InChI is InChI=1S/C17H26N2O2/c1-15(20)7-5-6-10-18-11-13-19(14-12-18)16-8-3-4-9-17(16)21-2/h3-4,8-9H,5-7,10-14H2,1-2H3. The molecule has 116 valence electrons. The molecule has 0 N–H and O–H groups in total. The molecule has 0 radical (unpaired) electrons. The number of methoxy groups -OCH3 is 1. The van der Waals surface area contributed by atoms with Crippen molar-refractivity contribution in [3.63, 3.8) is 0 Å². The summed E-state index contributed by atoms with van der Waals surface area (Å²) in [7, 11) is 1.73. The lowest BCUT2D eigenvalue weighted by molar-refractivity contribution is -0.117. The first-order valence-corrected chi connectivity index (χ1v) is 7.80. The monoisotopic (exact) mass is 290 g/mol. The second-order valence-electron chi connectivity index (χ2n) is 5.66. The van der Waals surface area contributed by atoms with E-state index >= 15 is 0 Å². The molecule has 1 aromatic rings. The van der Waals surface area contributed by atoms with Crippen LogP contribution in [0.2, 0.25) is 0 Å². The third-order valence-electron chi connectivity index (χ3n) is 4.05. The molecule has 1 heterocycles. The van der Waals surface area contributed by atoms with E-state index in [4.69, 9.17) is 4.74 Å². The van der Waals surface area contributed by atoms with E-state index in [1.807, 2.05) is 12.1 Å². The van der Waals surface area contributed by atoms with Crippen LogP contribution in [0.4, 0.5) is 5.69 Å². The number of hydrogen-bond acceptors (Lipinski definition) is 4. The van der Waals surface area contributed by atoms with Gasteiger partial charge in [-0.05, 0) is 38.4 Å². The van der Waals surface area contributed by atoms with Crippen LogP contribution in [0.5, 0.6) is 5.75 Å². The highest BCUT2D eigenvalue weighted by molar-refractivity contribution is 5.75. The Balaban J connectivity index is 1.76. The molecule has 0 aromatic heterocycles. The Morgan fingerprint density at radius 3 is 2.52 bits per heavy atom. The number of nitrogens with zero attached hydrogens (tertiary/aromatic N) is 2. The largest absolute Gasteiger partial charge is 0.495 e. The summed E-state index contributed by atoms with van der Waals surface area (Å²) in [5.41, 5.74) is 1.19. The lowest BCUT2D eigenvalue weighted by Gasteiger charge is -2.36. The third kappa shape index (κ3) is 4.74. The van der Waals surface area contributed by atoms with Crippen LogP contribution in [0.3, 0.4) is 0 Å². The molecule has 0 unspecified atom stereocenters. The summed E-state index contributed by atoms with van der Waals surface area (Å²) in [5.74, 6) is 1.25. The number of carbonyl (C=O) groups excluding carboxylic acids is 1. The summed E-state index contributed by atoms with van der Waals surface area (Å²) in [6.07, 6.45) is 2.86. The number of ketones is 1. The van der Waals surface area contributed by atoms with Crippen LogP contribution >= 0.6 is 0 Å². The fourth-order valence-corrected chi connectivity index (χ4v) is 2.81. The number of unbranched alkanes of at least 4 members (excludes halogenated alkanes) is 1. The minimum atomic E-state index is 0.302. The number of benzene rings is 1. The summed E-state index contributed by atoms with van der Waals surface area (Å²) >= 11 is 0. The van der Waals surface area contributed by atoms with Gasteiger partial charge < -0.3 is 14.4 Å². The molecule has 1 aliphatic heterocycles. The Kier molecular flexibility index (Phi) is 6.05. The van der Waals surface area contributed by atoms with Crippen molar-refractivity contribution in [1.29, 1.82) is 0 Å². The van der Waals surface area contributed by atoms with Gasteiger partial charge >= 0.3 is 0 Å². The topological polar surface area (TPSA) is 32.8 Å². The van der Waals surface area contributed by atoms with E-state index in [1.165, 1.54) is 5.69 Å². The van der Waals surface area contributed by atoms with Gasteiger partial charge in [0.25, 0.3) is 0 Å². The van der Waals surface area contributed by atoms with Crippen LogP contribution < -0.4 is 9.64 Å². The third-order valence-corrected chi connectivity index (χ3v) is 4.05. The van der Waals surface area contributed by atoms with Crippen molar-refractivity contribution >= 4 is 11.5 Å². The van der Waals surface area contributed by atoms with Gasteiger partial charge in [0.05, 0.1) is 12.8 Å². The molecule has 0 saturated carbocycles. The summed E-state index contributed by atoms with van der Waals surface area (Å²) in [6, 6.07) is 8.21. The van der Waals surface area contributed by atoms with E-state index in [2.05, 4.69) is 21.9 Å². The number of anilines is 1. The molecule has 21 heavy (non-hydrogen) atoms. The first kappa shape index (κ1) is 15.8. The highest BCUT2D eigenvalue weighted by atomic mass is 16.5. The molecule has 4 heteroatoms. The maximum Gasteiger partial charge on any atom is 0.142 e. The quantitative estimate of drug-likeness (QED) is 0.723. The van der Waals surface area contributed by atoms with Crippen molar-refractivity contribution in [2.45, 2.75) is 26.2 Å². The van der Waals surface area contributed by atoms with E-state index in [0.29, 0.717) is 5.78 Å². The van der Waals surface area contributed by atoms with Crippen LogP contribution in [0, 0.1) is 0 Å². The van der Waals surface area contributed by atoms with Crippen molar-refractivity contribution < 1.29 is 9.53 Å². The number of Topliss-reactive ketones (excluding diaryl/α,β-unsaturated/α-hetero) is 1. The van der Waals surface area contributed by atoms with Crippen LogP contribution in [-0.2, 0) is 4.79 Å². The lowest BCUT2D eigenvalue weighted by Crippen LogP contribution is -2.46. The van der Waals surface area contributed by atoms with E-state index in [-0.39, 0.29) is 0 Å². The first-order valence-electron chi connectivity index (χ1n) is 7.80. The van der Waals surface area contributed by atoms with E-state index in [1.54, 1.807) is 14.0 Å².